The number of hydrogen-bond donors (Lipinski definition) is 2. The van der Waals surface area contributed by atoms with Crippen LogP contribution in [-0.2, 0) is 12.8 Å². The Morgan fingerprint density at radius 1 is 1.18 bits per heavy atom. The molecule has 5 rings (SSSR count). The number of hydrogen-bond acceptors (Lipinski definition) is 5. The molecule has 0 saturated heterocycles. The molecule has 0 saturated carbocycles. The van der Waals surface area contributed by atoms with Gasteiger partial charge in [-0.2, -0.15) is 0 Å². The molecular weight excluding hydrogens is 421 g/mol. The number of pyridine rings is 1. The highest BCUT2D eigenvalue weighted by Crippen LogP contribution is 2.36. The number of carbonyl (C=O) groups is 1. The number of nitrogens with zero attached hydrogens (tertiary/aromatic N) is 2. The van der Waals surface area contributed by atoms with Gasteiger partial charge in [0.2, 0.25) is 0 Å². The summed E-state index contributed by atoms with van der Waals surface area (Å²) in [6.45, 7) is -0.116. The van der Waals surface area contributed by atoms with E-state index in [-0.39, 0.29) is 12.5 Å². The smallest absolute Gasteiger partial charge is 0.251 e. The molecule has 2 aromatic heterocycles. The SMILES string of the molecule is O=C(NCC(F)CO)c1cccc2c1CCN2c1cc(Cc2ccc3occc3c2)ccn1. The fraction of sp³-hybridized carbons (Fsp3) is 0.231. The second-order valence-electron chi connectivity index (χ2n) is 8.19. The third-order valence-electron chi connectivity index (χ3n) is 5.97. The number of alkyl halides is 1. The van der Waals surface area contributed by atoms with Gasteiger partial charge in [-0.05, 0) is 72.0 Å². The molecule has 7 heteroatoms. The Morgan fingerprint density at radius 3 is 2.94 bits per heavy atom. The van der Waals surface area contributed by atoms with Crippen molar-refractivity contribution < 1.29 is 18.7 Å². The van der Waals surface area contributed by atoms with Crippen LogP contribution in [0.3, 0.4) is 0 Å². The van der Waals surface area contributed by atoms with Gasteiger partial charge in [-0.1, -0.05) is 12.1 Å². The van der Waals surface area contributed by atoms with E-state index in [1.807, 2.05) is 36.5 Å². The Kier molecular flexibility index (Phi) is 5.79. The van der Waals surface area contributed by atoms with Gasteiger partial charge in [-0.15, -0.1) is 0 Å². The van der Waals surface area contributed by atoms with Crippen LogP contribution in [0.5, 0.6) is 0 Å². The van der Waals surface area contributed by atoms with Gasteiger partial charge < -0.3 is 19.7 Å². The van der Waals surface area contributed by atoms with Gasteiger partial charge in [-0.25, -0.2) is 9.37 Å². The first-order valence-corrected chi connectivity index (χ1v) is 11.0. The molecule has 3 heterocycles. The van der Waals surface area contributed by atoms with Gasteiger partial charge in [0.05, 0.1) is 19.4 Å². The molecule has 2 N–H and O–H groups in total. The number of anilines is 2. The zero-order valence-electron chi connectivity index (χ0n) is 18.0. The van der Waals surface area contributed by atoms with Crippen LogP contribution < -0.4 is 10.2 Å². The standard InChI is InChI=1S/C26H24FN3O3/c27-20(16-31)15-29-26(32)22-2-1-3-23-21(22)7-10-30(23)25-14-18(6-9-28-25)12-17-4-5-24-19(13-17)8-11-33-24/h1-6,8-9,11,13-14,20,31H,7,10,12,15-16H2,(H,29,32). The lowest BCUT2D eigenvalue weighted by atomic mass is 10.0. The fourth-order valence-corrected chi connectivity index (χ4v) is 4.33. The maximum atomic E-state index is 13.3. The molecule has 0 aliphatic carbocycles. The molecular formula is C26H24FN3O3. The van der Waals surface area contributed by atoms with Crippen molar-refractivity contribution in [3.63, 3.8) is 0 Å². The average molecular weight is 445 g/mol. The van der Waals surface area contributed by atoms with Crippen molar-refractivity contribution in [2.45, 2.75) is 19.0 Å². The van der Waals surface area contributed by atoms with Gasteiger partial charge in [-0.3, -0.25) is 4.79 Å². The normalized spacial score (nSPS) is 13.8. The third kappa shape index (κ3) is 4.32. The molecule has 6 nitrogen and oxygen atoms in total. The number of halogens is 1. The fourth-order valence-electron chi connectivity index (χ4n) is 4.33. The van der Waals surface area contributed by atoms with Crippen molar-refractivity contribution in [2.24, 2.45) is 0 Å². The summed E-state index contributed by atoms with van der Waals surface area (Å²) in [5, 5.41) is 12.5. The second-order valence-corrected chi connectivity index (χ2v) is 8.19. The number of aromatic nitrogens is 1. The molecule has 2 aromatic carbocycles. The Hall–Kier alpha value is -3.71. The molecule has 1 amide bonds. The number of benzene rings is 2. The third-order valence-corrected chi connectivity index (χ3v) is 5.97. The van der Waals surface area contributed by atoms with E-state index in [4.69, 9.17) is 9.52 Å². The first-order chi connectivity index (χ1) is 16.1. The predicted molar refractivity (Wildman–Crippen MR) is 125 cm³/mol. The average Bonchev–Trinajstić information content (AvgIpc) is 3.49. The summed E-state index contributed by atoms with van der Waals surface area (Å²) in [4.78, 5) is 19.3. The highest BCUT2D eigenvalue weighted by Gasteiger charge is 2.26. The molecule has 168 valence electrons. The van der Waals surface area contributed by atoms with Crippen molar-refractivity contribution in [1.29, 1.82) is 0 Å². The van der Waals surface area contributed by atoms with Gasteiger partial charge in [0.15, 0.2) is 0 Å². The summed E-state index contributed by atoms with van der Waals surface area (Å²) in [5.41, 5.74) is 5.60. The van der Waals surface area contributed by atoms with Crippen LogP contribution in [0.15, 0.2) is 71.5 Å². The topological polar surface area (TPSA) is 78.6 Å². The highest BCUT2D eigenvalue weighted by molar-refractivity contribution is 5.98. The number of aliphatic hydroxyl groups excluding tert-OH is 1. The molecule has 0 bridgehead atoms. The van der Waals surface area contributed by atoms with Crippen molar-refractivity contribution in [3.8, 4) is 0 Å². The quantitative estimate of drug-likeness (QED) is 0.446. The van der Waals surface area contributed by atoms with E-state index in [2.05, 4.69) is 33.4 Å². The van der Waals surface area contributed by atoms with Crippen LogP contribution in [0, 0.1) is 0 Å². The Labute approximate surface area is 190 Å². The van der Waals surface area contributed by atoms with E-state index < -0.39 is 12.8 Å². The van der Waals surface area contributed by atoms with Gasteiger partial charge in [0.1, 0.15) is 17.6 Å². The maximum Gasteiger partial charge on any atom is 0.251 e. The summed E-state index contributed by atoms with van der Waals surface area (Å²) in [7, 11) is 0. The van der Waals surface area contributed by atoms with Crippen molar-refractivity contribution in [3.05, 3.63) is 89.3 Å². The minimum atomic E-state index is -1.47. The largest absolute Gasteiger partial charge is 0.464 e. The summed E-state index contributed by atoms with van der Waals surface area (Å²) in [6.07, 6.45) is 3.51. The number of aliphatic hydroxyl groups is 1. The molecule has 0 fully saturated rings. The van der Waals surface area contributed by atoms with Crippen molar-refractivity contribution >= 4 is 28.4 Å². The van der Waals surface area contributed by atoms with Crippen molar-refractivity contribution in [2.75, 3.05) is 24.6 Å². The predicted octanol–water partition coefficient (Wildman–Crippen LogP) is 4.17. The van der Waals surface area contributed by atoms with Crippen LogP contribution >= 0.6 is 0 Å². The van der Waals surface area contributed by atoms with Crippen LogP contribution in [0.4, 0.5) is 15.9 Å². The molecule has 1 unspecified atom stereocenters. The summed E-state index contributed by atoms with van der Waals surface area (Å²) in [5.74, 6) is 0.499. The number of rotatable bonds is 7. The molecule has 0 radical (unpaired) electrons. The van der Waals surface area contributed by atoms with Crippen LogP contribution in [0.2, 0.25) is 0 Å². The minimum Gasteiger partial charge on any atom is -0.464 e. The van der Waals surface area contributed by atoms with E-state index in [0.717, 1.165) is 40.0 Å². The number of carbonyl (C=O) groups excluding carboxylic acids is 1. The van der Waals surface area contributed by atoms with E-state index in [1.165, 1.54) is 5.56 Å². The van der Waals surface area contributed by atoms with E-state index in [1.54, 1.807) is 12.3 Å². The van der Waals surface area contributed by atoms with Gasteiger partial charge in [0.25, 0.3) is 5.91 Å². The lowest BCUT2D eigenvalue weighted by molar-refractivity contribution is 0.0927. The maximum absolute atomic E-state index is 13.3. The number of amides is 1. The Morgan fingerprint density at radius 2 is 2.06 bits per heavy atom. The van der Waals surface area contributed by atoms with Crippen molar-refractivity contribution in [1.82, 2.24) is 10.3 Å². The van der Waals surface area contributed by atoms with Crippen LogP contribution in [0.1, 0.15) is 27.0 Å². The van der Waals surface area contributed by atoms with Crippen LogP contribution in [-0.4, -0.2) is 41.9 Å². The van der Waals surface area contributed by atoms with E-state index in [0.29, 0.717) is 18.5 Å². The second kappa shape index (κ2) is 9.03. The van der Waals surface area contributed by atoms with E-state index >= 15 is 0 Å². The van der Waals surface area contributed by atoms with E-state index in [9.17, 15) is 9.18 Å². The Balaban J connectivity index is 1.37. The first-order valence-electron chi connectivity index (χ1n) is 11.0. The summed E-state index contributed by atoms with van der Waals surface area (Å²) < 4.78 is 18.8. The summed E-state index contributed by atoms with van der Waals surface area (Å²) >= 11 is 0. The number of furan rings is 1. The van der Waals surface area contributed by atoms with Crippen LogP contribution in [0.25, 0.3) is 11.0 Å². The van der Waals surface area contributed by atoms with Gasteiger partial charge in [0, 0.05) is 29.4 Å². The summed E-state index contributed by atoms with van der Waals surface area (Å²) in [6, 6.07) is 17.8. The number of nitrogens with one attached hydrogen (secondary N) is 1. The number of fused-ring (bicyclic) bond motifs is 2. The zero-order valence-corrected chi connectivity index (χ0v) is 18.0. The first kappa shape index (κ1) is 21.2. The zero-order chi connectivity index (χ0) is 22.8. The molecule has 1 aliphatic heterocycles. The minimum absolute atomic E-state index is 0.211. The Bertz CT molecular complexity index is 1300. The van der Waals surface area contributed by atoms with Gasteiger partial charge >= 0.3 is 0 Å². The lowest BCUT2D eigenvalue weighted by Gasteiger charge is -2.19. The highest BCUT2D eigenvalue weighted by atomic mass is 19.1. The monoisotopic (exact) mass is 445 g/mol. The molecule has 33 heavy (non-hydrogen) atoms. The molecule has 1 aliphatic rings. The molecule has 4 aromatic rings. The molecule has 0 spiro atoms. The molecule has 1 atom stereocenters. The lowest BCUT2D eigenvalue weighted by Crippen LogP contribution is -2.32.